The Balaban J connectivity index is 2.16. The molecule has 106 valence electrons. The monoisotopic (exact) mass is 329 g/mol. The quantitative estimate of drug-likeness (QED) is 0.889. The summed E-state index contributed by atoms with van der Waals surface area (Å²) in [4.78, 5) is 0. The van der Waals surface area contributed by atoms with Crippen LogP contribution in [-0.4, -0.2) is 24.8 Å². The highest BCUT2D eigenvalue weighted by Gasteiger charge is 2.38. The van der Waals surface area contributed by atoms with Crippen LogP contribution in [0.3, 0.4) is 0 Å². The van der Waals surface area contributed by atoms with Crippen LogP contribution in [0.15, 0.2) is 22.7 Å². The molecular weight excluding hydrogens is 309 g/mol. The molecule has 0 aliphatic carbocycles. The summed E-state index contributed by atoms with van der Waals surface area (Å²) in [5, 5.41) is 3.52. The van der Waals surface area contributed by atoms with Gasteiger partial charge in [0.2, 0.25) is 0 Å². The third kappa shape index (κ3) is 3.56. The van der Waals surface area contributed by atoms with Crippen LogP contribution < -0.4 is 5.32 Å². The first-order valence-electron chi connectivity index (χ1n) is 6.86. The number of benzene rings is 1. The van der Waals surface area contributed by atoms with Crippen LogP contribution in [0.5, 0.6) is 0 Å². The fraction of sp³-hybridized carbons (Fsp3) is 0.600. The van der Waals surface area contributed by atoms with Crippen LogP contribution in [0.4, 0.5) is 4.39 Å². The molecule has 2 atom stereocenters. The van der Waals surface area contributed by atoms with E-state index in [2.05, 4.69) is 35.1 Å². The van der Waals surface area contributed by atoms with Gasteiger partial charge >= 0.3 is 0 Å². The summed E-state index contributed by atoms with van der Waals surface area (Å²) in [6, 6.07) is 5.14. The maximum atomic E-state index is 13.1. The molecule has 0 aromatic heterocycles. The largest absolute Gasteiger partial charge is 0.374 e. The van der Waals surface area contributed by atoms with Crippen molar-refractivity contribution >= 4 is 15.9 Å². The molecule has 0 bridgehead atoms. The van der Waals surface area contributed by atoms with Crippen molar-refractivity contribution in [2.45, 2.75) is 44.8 Å². The fourth-order valence-corrected chi connectivity index (χ4v) is 3.25. The van der Waals surface area contributed by atoms with Crippen molar-refractivity contribution in [3.63, 3.8) is 0 Å². The van der Waals surface area contributed by atoms with Gasteiger partial charge in [-0.3, -0.25) is 0 Å². The van der Waals surface area contributed by atoms with Crippen molar-refractivity contribution < 1.29 is 9.13 Å². The van der Waals surface area contributed by atoms with E-state index < -0.39 is 0 Å². The molecule has 0 saturated carbocycles. The molecule has 1 aliphatic heterocycles. The molecule has 0 radical (unpaired) electrons. The third-order valence-electron chi connectivity index (χ3n) is 3.88. The highest BCUT2D eigenvalue weighted by Crippen LogP contribution is 2.31. The molecule has 2 nitrogen and oxygen atoms in total. The average Bonchev–Trinajstić information content (AvgIpc) is 2.80. The van der Waals surface area contributed by atoms with Crippen molar-refractivity contribution in [2.24, 2.45) is 0 Å². The van der Waals surface area contributed by atoms with Gasteiger partial charge in [-0.1, -0.05) is 28.9 Å². The molecule has 0 amide bonds. The smallest absolute Gasteiger partial charge is 0.124 e. The van der Waals surface area contributed by atoms with Gasteiger partial charge in [0, 0.05) is 17.1 Å². The van der Waals surface area contributed by atoms with Crippen LogP contribution in [0.2, 0.25) is 0 Å². The Morgan fingerprint density at radius 2 is 2.32 bits per heavy atom. The number of hydrogen-bond acceptors (Lipinski definition) is 2. The van der Waals surface area contributed by atoms with E-state index >= 15 is 0 Å². The Labute approximate surface area is 122 Å². The Bertz CT molecular complexity index is 432. The zero-order valence-electron chi connectivity index (χ0n) is 11.5. The van der Waals surface area contributed by atoms with Gasteiger partial charge in [-0.05, 0) is 50.4 Å². The lowest BCUT2D eigenvalue weighted by Gasteiger charge is -2.34. The summed E-state index contributed by atoms with van der Waals surface area (Å²) < 4.78 is 19.9. The average molecular weight is 330 g/mol. The first-order valence-corrected chi connectivity index (χ1v) is 7.66. The van der Waals surface area contributed by atoms with Crippen LogP contribution in [0.1, 0.15) is 32.3 Å². The molecule has 1 fully saturated rings. The van der Waals surface area contributed by atoms with Crippen molar-refractivity contribution in [1.82, 2.24) is 5.32 Å². The van der Waals surface area contributed by atoms with Gasteiger partial charge in [-0.25, -0.2) is 4.39 Å². The Hall–Kier alpha value is -0.450. The highest BCUT2D eigenvalue weighted by molar-refractivity contribution is 9.10. The molecule has 1 aromatic carbocycles. The van der Waals surface area contributed by atoms with E-state index in [4.69, 9.17) is 4.74 Å². The Morgan fingerprint density at radius 1 is 1.53 bits per heavy atom. The molecule has 19 heavy (non-hydrogen) atoms. The topological polar surface area (TPSA) is 21.3 Å². The normalized spacial score (nSPS) is 24.6. The van der Waals surface area contributed by atoms with Crippen molar-refractivity contribution in [1.29, 1.82) is 0 Å². The Kier molecular flexibility index (Phi) is 4.98. The van der Waals surface area contributed by atoms with Gasteiger partial charge < -0.3 is 10.1 Å². The van der Waals surface area contributed by atoms with Gasteiger partial charge in [-0.2, -0.15) is 0 Å². The lowest BCUT2D eigenvalue weighted by Crippen LogP contribution is -2.49. The van der Waals surface area contributed by atoms with Crippen LogP contribution in [0.25, 0.3) is 0 Å². The van der Waals surface area contributed by atoms with E-state index in [1.165, 1.54) is 12.1 Å². The summed E-state index contributed by atoms with van der Waals surface area (Å²) >= 11 is 3.44. The number of rotatable bonds is 5. The summed E-state index contributed by atoms with van der Waals surface area (Å²) in [7, 11) is 0. The van der Waals surface area contributed by atoms with E-state index in [1.807, 2.05) is 6.07 Å². The second kappa shape index (κ2) is 6.33. The maximum Gasteiger partial charge on any atom is 0.124 e. The van der Waals surface area contributed by atoms with Crippen molar-refractivity contribution in [3.8, 4) is 0 Å². The van der Waals surface area contributed by atoms with Crippen molar-refractivity contribution in [3.05, 3.63) is 34.1 Å². The van der Waals surface area contributed by atoms with E-state index in [0.29, 0.717) is 0 Å². The standard InChI is InChI=1S/C15H21BrFNO/c1-3-18-14(15(2)7-4-8-19-15)9-11-5-6-12(17)10-13(11)16/h5-6,10,14,18H,3-4,7-9H2,1-2H3. The molecule has 1 saturated heterocycles. The highest BCUT2D eigenvalue weighted by atomic mass is 79.9. The van der Waals surface area contributed by atoms with E-state index in [-0.39, 0.29) is 17.5 Å². The van der Waals surface area contributed by atoms with Crippen LogP contribution in [-0.2, 0) is 11.2 Å². The zero-order valence-corrected chi connectivity index (χ0v) is 13.1. The molecule has 2 rings (SSSR count). The predicted octanol–water partition coefficient (Wildman–Crippen LogP) is 3.68. The summed E-state index contributed by atoms with van der Waals surface area (Å²) in [5.41, 5.74) is 0.994. The van der Waals surface area contributed by atoms with Gasteiger partial charge in [0.1, 0.15) is 5.82 Å². The number of hydrogen-bond donors (Lipinski definition) is 1. The minimum atomic E-state index is -0.209. The second-order valence-corrected chi connectivity index (χ2v) is 6.17. The zero-order chi connectivity index (χ0) is 13.9. The van der Waals surface area contributed by atoms with Crippen LogP contribution in [0, 0.1) is 5.82 Å². The number of likely N-dealkylation sites (N-methyl/N-ethyl adjacent to an activating group) is 1. The molecule has 0 spiro atoms. The SMILES string of the molecule is CCNC(Cc1ccc(F)cc1Br)C1(C)CCCO1. The van der Waals surface area contributed by atoms with Crippen molar-refractivity contribution in [2.75, 3.05) is 13.2 Å². The molecule has 1 aliphatic rings. The van der Waals surface area contributed by atoms with Gasteiger partial charge in [0.05, 0.1) is 5.60 Å². The number of nitrogens with one attached hydrogen (secondary N) is 1. The molecule has 2 unspecified atom stereocenters. The Morgan fingerprint density at radius 3 is 2.89 bits per heavy atom. The second-order valence-electron chi connectivity index (χ2n) is 5.31. The van der Waals surface area contributed by atoms with E-state index in [9.17, 15) is 4.39 Å². The fourth-order valence-electron chi connectivity index (χ4n) is 2.73. The number of ether oxygens (including phenoxy) is 1. The van der Waals surface area contributed by atoms with E-state index in [1.54, 1.807) is 0 Å². The lowest BCUT2D eigenvalue weighted by atomic mass is 9.88. The minimum absolute atomic E-state index is 0.121. The summed E-state index contributed by atoms with van der Waals surface area (Å²) in [6.07, 6.45) is 3.03. The van der Waals surface area contributed by atoms with Gasteiger partial charge in [-0.15, -0.1) is 0 Å². The summed E-state index contributed by atoms with van der Waals surface area (Å²) in [6.45, 7) is 6.02. The molecule has 4 heteroatoms. The molecule has 1 heterocycles. The van der Waals surface area contributed by atoms with Gasteiger partial charge in [0.25, 0.3) is 0 Å². The summed E-state index contributed by atoms with van der Waals surface area (Å²) in [5.74, 6) is -0.209. The predicted molar refractivity (Wildman–Crippen MR) is 78.9 cm³/mol. The lowest BCUT2D eigenvalue weighted by molar-refractivity contribution is -0.0111. The molecule has 1 N–H and O–H groups in total. The van der Waals surface area contributed by atoms with Gasteiger partial charge in [0.15, 0.2) is 0 Å². The molecule has 1 aromatic rings. The maximum absolute atomic E-state index is 13.1. The molecular formula is C15H21BrFNO. The first-order chi connectivity index (χ1) is 9.05. The third-order valence-corrected chi connectivity index (χ3v) is 4.61. The number of halogens is 2. The van der Waals surface area contributed by atoms with E-state index in [0.717, 1.165) is 42.5 Å². The first kappa shape index (κ1) is 14.9. The minimum Gasteiger partial charge on any atom is -0.374 e. The van der Waals surface area contributed by atoms with Crippen LogP contribution >= 0.6 is 15.9 Å².